The van der Waals surface area contributed by atoms with Crippen LogP contribution in [0, 0.1) is 34.0 Å². The Balaban J connectivity index is 1.76. The van der Waals surface area contributed by atoms with Crippen LogP contribution in [0.25, 0.3) is 0 Å². The van der Waals surface area contributed by atoms with E-state index >= 15 is 4.39 Å². The van der Waals surface area contributed by atoms with Crippen LogP contribution in [0.2, 0.25) is 0 Å². The van der Waals surface area contributed by atoms with Gasteiger partial charge in [-0.2, -0.15) is 0 Å². The number of aliphatic hydroxyl groups excluding tert-OH is 1. The average Bonchev–Trinajstić information content (AvgIpc) is 2.89. The molecule has 4 aliphatic carbocycles. The molecule has 0 spiro atoms. The molecule has 8 atom stereocenters. The number of allylic oxidation sites excluding steroid dienone is 4. The molecule has 0 unspecified atom stereocenters. The third-order valence-corrected chi connectivity index (χ3v) is 9.80. The Hall–Kier alpha value is -1.82. The van der Waals surface area contributed by atoms with Crippen LogP contribution in [0.1, 0.15) is 60.3 Å². The first-order valence-electron chi connectivity index (χ1n) is 11.3. The maximum Gasteiger partial charge on any atom is 0.303 e. The van der Waals surface area contributed by atoms with Gasteiger partial charge in [0, 0.05) is 23.7 Å². The summed E-state index contributed by atoms with van der Waals surface area (Å²) in [6.07, 6.45) is 5.30. The highest BCUT2D eigenvalue weighted by Gasteiger charge is 2.74. The number of carbonyl (C=O) groups excluding carboxylic acids is 3. The number of alkyl halides is 1. The van der Waals surface area contributed by atoms with Crippen LogP contribution < -0.4 is 0 Å². The number of aliphatic hydroxyl groups is 1. The molecule has 6 heteroatoms. The van der Waals surface area contributed by atoms with E-state index in [1.165, 1.54) is 19.1 Å². The number of hydrogen-bond acceptors (Lipinski definition) is 5. The maximum absolute atomic E-state index is 17.1. The molecule has 3 saturated carbocycles. The number of halogens is 1. The van der Waals surface area contributed by atoms with E-state index in [9.17, 15) is 19.5 Å². The number of rotatable bonds is 3. The second-order valence-corrected chi connectivity index (χ2v) is 10.8. The number of hydrogen-bond donors (Lipinski definition) is 1. The van der Waals surface area contributed by atoms with Crippen molar-refractivity contribution < 1.29 is 28.6 Å². The standard InChI is InChI=1S/C25H33FO5/c1-14-10-19-18-7-6-16-11-17(28)8-9-22(16,3)25(18,26)20(29)12-23(19,4)24(14,5)21(30)13-31-15(2)27/h8-9,11,14,18-20,29H,6-7,10,12-13H2,1-5H3/t14-,18+,19+,20+,22+,23+,24-,25+/m1/s1. The van der Waals surface area contributed by atoms with Crippen molar-refractivity contribution in [2.24, 2.45) is 34.0 Å². The molecule has 170 valence electrons. The molecule has 1 N–H and O–H groups in total. The van der Waals surface area contributed by atoms with Crippen LogP contribution in [0.3, 0.4) is 0 Å². The molecule has 5 nitrogen and oxygen atoms in total. The van der Waals surface area contributed by atoms with Gasteiger partial charge in [0.25, 0.3) is 0 Å². The van der Waals surface area contributed by atoms with Crippen molar-refractivity contribution in [1.29, 1.82) is 0 Å². The third-order valence-electron chi connectivity index (χ3n) is 9.80. The molecule has 4 rings (SSSR count). The van der Waals surface area contributed by atoms with Crippen LogP contribution >= 0.6 is 0 Å². The number of ether oxygens (including phenoxy) is 1. The lowest BCUT2D eigenvalue weighted by Gasteiger charge is -2.63. The van der Waals surface area contributed by atoms with Gasteiger partial charge in [0.15, 0.2) is 23.8 Å². The number of ketones is 2. The summed E-state index contributed by atoms with van der Waals surface area (Å²) in [6, 6.07) is 0. The Morgan fingerprint density at radius 2 is 1.94 bits per heavy atom. The van der Waals surface area contributed by atoms with E-state index in [-0.39, 0.29) is 36.4 Å². The summed E-state index contributed by atoms with van der Waals surface area (Å²) in [7, 11) is 0. The van der Waals surface area contributed by atoms with Gasteiger partial charge < -0.3 is 9.84 Å². The van der Waals surface area contributed by atoms with E-state index in [0.29, 0.717) is 19.3 Å². The monoisotopic (exact) mass is 432 g/mol. The number of esters is 1. The zero-order valence-electron chi connectivity index (χ0n) is 19.0. The molecule has 31 heavy (non-hydrogen) atoms. The lowest BCUT2D eigenvalue weighted by atomic mass is 9.43. The molecular weight excluding hydrogens is 399 g/mol. The van der Waals surface area contributed by atoms with Crippen molar-refractivity contribution in [2.45, 2.75) is 72.1 Å². The zero-order valence-corrected chi connectivity index (χ0v) is 19.0. The van der Waals surface area contributed by atoms with Gasteiger partial charge in [0.1, 0.15) is 0 Å². The second-order valence-electron chi connectivity index (χ2n) is 10.8. The second kappa shape index (κ2) is 6.84. The Kier molecular flexibility index (Phi) is 4.94. The first kappa shape index (κ1) is 22.4. The van der Waals surface area contributed by atoms with Crippen molar-refractivity contribution in [3.8, 4) is 0 Å². The van der Waals surface area contributed by atoms with Crippen molar-refractivity contribution in [2.75, 3.05) is 6.61 Å². The molecule has 0 aromatic heterocycles. The van der Waals surface area contributed by atoms with Crippen LogP contribution in [0.5, 0.6) is 0 Å². The first-order chi connectivity index (χ1) is 14.3. The smallest absolute Gasteiger partial charge is 0.303 e. The molecule has 0 aliphatic heterocycles. The van der Waals surface area contributed by atoms with E-state index in [0.717, 1.165) is 5.57 Å². The molecule has 0 heterocycles. The molecule has 0 aromatic carbocycles. The van der Waals surface area contributed by atoms with Crippen molar-refractivity contribution >= 4 is 17.5 Å². The fourth-order valence-electron chi connectivity index (χ4n) is 7.68. The highest BCUT2D eigenvalue weighted by molar-refractivity contribution is 6.01. The minimum Gasteiger partial charge on any atom is -0.458 e. The molecule has 0 aromatic rings. The average molecular weight is 433 g/mol. The van der Waals surface area contributed by atoms with Gasteiger partial charge in [0.2, 0.25) is 0 Å². The van der Waals surface area contributed by atoms with E-state index in [1.807, 2.05) is 20.8 Å². The van der Waals surface area contributed by atoms with E-state index in [4.69, 9.17) is 4.74 Å². The minimum atomic E-state index is -1.90. The fourth-order valence-corrected chi connectivity index (χ4v) is 7.68. The van der Waals surface area contributed by atoms with Gasteiger partial charge in [0.05, 0.1) is 6.10 Å². The molecule has 0 saturated heterocycles. The Labute approximate surface area is 183 Å². The van der Waals surface area contributed by atoms with Gasteiger partial charge >= 0.3 is 5.97 Å². The molecule has 3 fully saturated rings. The zero-order chi connectivity index (χ0) is 23.0. The molecular formula is C25H33FO5. The summed E-state index contributed by atoms with van der Waals surface area (Å²) in [5, 5.41) is 11.3. The number of carbonyl (C=O) groups is 3. The van der Waals surface area contributed by atoms with Crippen molar-refractivity contribution in [3.63, 3.8) is 0 Å². The van der Waals surface area contributed by atoms with Crippen LogP contribution in [0.4, 0.5) is 4.39 Å². The van der Waals surface area contributed by atoms with E-state index in [1.54, 1.807) is 13.0 Å². The van der Waals surface area contributed by atoms with Gasteiger partial charge in [-0.3, -0.25) is 14.4 Å². The topological polar surface area (TPSA) is 80.7 Å². The Morgan fingerprint density at radius 3 is 2.58 bits per heavy atom. The van der Waals surface area contributed by atoms with E-state index < -0.39 is 39.9 Å². The van der Waals surface area contributed by atoms with Crippen LogP contribution in [-0.4, -0.2) is 41.0 Å². The summed E-state index contributed by atoms with van der Waals surface area (Å²) in [6.45, 7) is 8.69. The van der Waals surface area contributed by atoms with Gasteiger partial charge in [-0.05, 0) is 62.0 Å². The number of Topliss-reactive ketones (excluding diaryl/α,β-unsaturated/α-hetero) is 1. The fraction of sp³-hybridized carbons (Fsp3) is 0.720. The molecule has 0 amide bonds. The third kappa shape index (κ3) is 2.66. The molecule has 4 aliphatic rings. The lowest BCUT2D eigenvalue weighted by Crippen LogP contribution is -2.67. The largest absolute Gasteiger partial charge is 0.458 e. The molecule has 0 radical (unpaired) electrons. The summed E-state index contributed by atoms with van der Waals surface area (Å²) in [4.78, 5) is 36.5. The number of fused-ring (bicyclic) bond motifs is 5. The maximum atomic E-state index is 17.1. The predicted octanol–water partition coefficient (Wildman–Crippen LogP) is 3.74. The lowest BCUT2D eigenvalue weighted by molar-refractivity contribution is -0.205. The molecule has 0 bridgehead atoms. The van der Waals surface area contributed by atoms with Crippen molar-refractivity contribution in [1.82, 2.24) is 0 Å². The highest BCUT2D eigenvalue weighted by atomic mass is 19.1. The van der Waals surface area contributed by atoms with Crippen molar-refractivity contribution in [3.05, 3.63) is 23.8 Å². The summed E-state index contributed by atoms with van der Waals surface area (Å²) in [5.41, 5.74) is -3.63. The quantitative estimate of drug-likeness (QED) is 0.687. The van der Waals surface area contributed by atoms with Gasteiger partial charge in [-0.15, -0.1) is 0 Å². The summed E-state index contributed by atoms with van der Waals surface area (Å²) < 4.78 is 22.1. The normalized spacial score (nSPS) is 48.4. The van der Waals surface area contributed by atoms with Gasteiger partial charge in [-0.1, -0.05) is 32.4 Å². The van der Waals surface area contributed by atoms with Crippen LogP contribution in [-0.2, 0) is 19.1 Å². The van der Waals surface area contributed by atoms with Crippen LogP contribution in [0.15, 0.2) is 23.8 Å². The predicted molar refractivity (Wildman–Crippen MR) is 113 cm³/mol. The SMILES string of the molecule is CC(=O)OCC(=O)[C@@]1(C)[C@H](C)C[C@H]2[C@@H]3CCC4=CC(=O)C=C[C@]4(C)[C@@]3(F)[C@@H](O)C[C@@]21C. The Bertz CT molecular complexity index is 908. The Morgan fingerprint density at radius 1 is 1.26 bits per heavy atom. The van der Waals surface area contributed by atoms with E-state index in [2.05, 4.69) is 0 Å². The minimum absolute atomic E-state index is 0.0340. The van der Waals surface area contributed by atoms with Gasteiger partial charge in [-0.25, -0.2) is 4.39 Å². The summed E-state index contributed by atoms with van der Waals surface area (Å²) >= 11 is 0. The first-order valence-corrected chi connectivity index (χ1v) is 11.3. The highest BCUT2D eigenvalue weighted by Crippen LogP contribution is 2.72. The summed E-state index contributed by atoms with van der Waals surface area (Å²) in [5.74, 6) is -1.35.